The van der Waals surface area contributed by atoms with Crippen LogP contribution in [-0.2, 0) is 0 Å². The molecule has 0 atom stereocenters. The summed E-state index contributed by atoms with van der Waals surface area (Å²) in [6.07, 6.45) is 8.47. The Morgan fingerprint density at radius 3 is 2.00 bits per heavy atom. The fraction of sp³-hybridized carbons (Fsp3) is 0.250. The summed E-state index contributed by atoms with van der Waals surface area (Å²) in [7, 11) is 0. The van der Waals surface area contributed by atoms with Crippen molar-refractivity contribution in [3.05, 3.63) is 67.3 Å². The van der Waals surface area contributed by atoms with Crippen molar-refractivity contribution in [1.29, 1.82) is 0 Å². The van der Waals surface area contributed by atoms with Crippen molar-refractivity contribution in [2.45, 2.75) is 20.0 Å². The number of allylic oxidation sites excluding steroid dienone is 2. The highest BCUT2D eigenvalue weighted by molar-refractivity contribution is 5.68. The van der Waals surface area contributed by atoms with Crippen LogP contribution in [0.1, 0.15) is 25.6 Å². The lowest BCUT2D eigenvalue weighted by Crippen LogP contribution is -2.21. The first kappa shape index (κ1) is 14.2. The topological polar surface area (TPSA) is 61.4 Å². The molecule has 0 aliphatic heterocycles. The van der Waals surface area contributed by atoms with Crippen molar-refractivity contribution in [3.8, 4) is 0 Å². The predicted octanol–water partition coefficient (Wildman–Crippen LogP) is 2.66. The molecule has 6 nitrogen and oxygen atoms in total. The highest BCUT2D eigenvalue weighted by atomic mass is 15.5. The minimum Gasteiger partial charge on any atom is -0.224 e. The number of hydrogen-bond acceptors (Lipinski definition) is 4. The molecule has 6 heteroatoms. The summed E-state index contributed by atoms with van der Waals surface area (Å²) >= 11 is 0. The van der Waals surface area contributed by atoms with Crippen LogP contribution in [0.3, 0.4) is 0 Å². The van der Waals surface area contributed by atoms with Crippen LogP contribution < -0.4 is 0 Å². The lowest BCUT2D eigenvalue weighted by Gasteiger charge is -2.22. The molecule has 0 bridgehead atoms. The molecule has 0 aliphatic rings. The standard InChI is InChI=1S/C16H18N6/c1-13(2)8-15(14-6-4-3-5-7-14)16(21-11-17-9-19-21)22-12-18-10-20-22/h3-13,16H,1-2H3/b15-8+. The molecule has 3 aromatic rings. The largest absolute Gasteiger partial charge is 0.224 e. The normalized spacial score (nSPS) is 12.3. The molecule has 2 aromatic heterocycles. The van der Waals surface area contributed by atoms with E-state index in [1.807, 2.05) is 18.2 Å². The maximum Gasteiger partial charge on any atom is 0.172 e. The van der Waals surface area contributed by atoms with Gasteiger partial charge < -0.3 is 0 Å². The molecule has 22 heavy (non-hydrogen) atoms. The van der Waals surface area contributed by atoms with E-state index < -0.39 is 0 Å². The van der Waals surface area contributed by atoms with Crippen LogP contribution in [-0.4, -0.2) is 29.5 Å². The second-order valence-electron chi connectivity index (χ2n) is 5.36. The van der Waals surface area contributed by atoms with E-state index in [4.69, 9.17) is 0 Å². The third-order valence-electron chi connectivity index (χ3n) is 3.27. The Balaban J connectivity index is 2.14. The van der Waals surface area contributed by atoms with E-state index >= 15 is 0 Å². The molecule has 2 heterocycles. The third kappa shape index (κ3) is 2.95. The number of rotatable bonds is 5. The zero-order valence-electron chi connectivity index (χ0n) is 12.6. The van der Waals surface area contributed by atoms with Crippen LogP contribution in [0.25, 0.3) is 5.57 Å². The second kappa shape index (κ2) is 6.34. The SMILES string of the molecule is CC(C)/C=C(\c1ccccc1)C(n1cncn1)n1cncn1. The summed E-state index contributed by atoms with van der Waals surface area (Å²) in [5, 5.41) is 8.60. The summed E-state index contributed by atoms with van der Waals surface area (Å²) in [6, 6.07) is 10.3. The Morgan fingerprint density at radius 1 is 0.955 bits per heavy atom. The number of benzene rings is 1. The predicted molar refractivity (Wildman–Crippen MR) is 83.7 cm³/mol. The van der Waals surface area contributed by atoms with Crippen LogP contribution in [0.5, 0.6) is 0 Å². The molecule has 0 saturated carbocycles. The van der Waals surface area contributed by atoms with Gasteiger partial charge in [-0.3, -0.25) is 0 Å². The van der Waals surface area contributed by atoms with Crippen molar-refractivity contribution in [3.63, 3.8) is 0 Å². The van der Waals surface area contributed by atoms with Crippen LogP contribution >= 0.6 is 0 Å². The van der Waals surface area contributed by atoms with Crippen LogP contribution in [0.15, 0.2) is 61.7 Å². The van der Waals surface area contributed by atoms with E-state index in [-0.39, 0.29) is 6.17 Å². The molecule has 0 N–H and O–H groups in total. The molecular formula is C16H18N6. The Morgan fingerprint density at radius 2 is 1.55 bits per heavy atom. The Labute approximate surface area is 129 Å². The molecule has 1 aromatic carbocycles. The summed E-state index contributed by atoms with van der Waals surface area (Å²) in [6.45, 7) is 4.31. The van der Waals surface area contributed by atoms with Gasteiger partial charge in [0.25, 0.3) is 0 Å². The summed E-state index contributed by atoms with van der Waals surface area (Å²) < 4.78 is 3.58. The molecule has 0 unspecified atom stereocenters. The number of hydrogen-bond donors (Lipinski definition) is 0. The van der Waals surface area contributed by atoms with Gasteiger partial charge in [0, 0.05) is 5.57 Å². The summed E-state index contributed by atoms with van der Waals surface area (Å²) in [5.41, 5.74) is 2.25. The van der Waals surface area contributed by atoms with E-state index in [0.29, 0.717) is 5.92 Å². The molecule has 0 aliphatic carbocycles. The van der Waals surface area contributed by atoms with Crippen LogP contribution in [0.2, 0.25) is 0 Å². The summed E-state index contributed by atoms with van der Waals surface area (Å²) in [5.74, 6) is 0.393. The van der Waals surface area contributed by atoms with E-state index in [0.717, 1.165) is 11.1 Å². The maximum absolute atomic E-state index is 4.30. The van der Waals surface area contributed by atoms with Crippen molar-refractivity contribution >= 4 is 5.57 Å². The van der Waals surface area contributed by atoms with Crippen molar-refractivity contribution in [2.24, 2.45) is 5.92 Å². The molecular weight excluding hydrogens is 276 g/mol. The lowest BCUT2D eigenvalue weighted by atomic mass is 9.99. The first-order chi connectivity index (χ1) is 10.8. The Kier molecular flexibility index (Phi) is 4.09. The van der Waals surface area contributed by atoms with Gasteiger partial charge in [0.15, 0.2) is 6.17 Å². The van der Waals surface area contributed by atoms with Gasteiger partial charge in [-0.05, 0) is 11.5 Å². The van der Waals surface area contributed by atoms with Crippen LogP contribution in [0, 0.1) is 5.92 Å². The highest BCUT2D eigenvalue weighted by Crippen LogP contribution is 2.29. The van der Waals surface area contributed by atoms with Gasteiger partial charge >= 0.3 is 0 Å². The molecule has 112 valence electrons. The van der Waals surface area contributed by atoms with E-state index in [9.17, 15) is 0 Å². The average molecular weight is 294 g/mol. The van der Waals surface area contributed by atoms with Crippen molar-refractivity contribution in [1.82, 2.24) is 29.5 Å². The van der Waals surface area contributed by atoms with E-state index in [1.54, 1.807) is 22.0 Å². The molecule has 0 fully saturated rings. The van der Waals surface area contributed by atoms with Gasteiger partial charge in [-0.1, -0.05) is 50.3 Å². The van der Waals surface area contributed by atoms with E-state index in [2.05, 4.69) is 52.2 Å². The maximum atomic E-state index is 4.30. The molecule has 3 rings (SSSR count). The number of nitrogens with zero attached hydrogens (tertiary/aromatic N) is 6. The fourth-order valence-electron chi connectivity index (χ4n) is 2.41. The first-order valence-electron chi connectivity index (χ1n) is 7.21. The zero-order valence-corrected chi connectivity index (χ0v) is 12.6. The minimum atomic E-state index is -0.213. The van der Waals surface area contributed by atoms with Crippen molar-refractivity contribution in [2.75, 3.05) is 0 Å². The average Bonchev–Trinajstić information content (AvgIpc) is 3.21. The zero-order chi connectivity index (χ0) is 15.4. The molecule has 0 saturated heterocycles. The quantitative estimate of drug-likeness (QED) is 0.726. The molecule has 0 amide bonds. The minimum absolute atomic E-state index is 0.213. The van der Waals surface area contributed by atoms with Gasteiger partial charge in [0.1, 0.15) is 25.3 Å². The van der Waals surface area contributed by atoms with Gasteiger partial charge in [-0.25, -0.2) is 19.3 Å². The molecule has 0 spiro atoms. The monoisotopic (exact) mass is 294 g/mol. The van der Waals surface area contributed by atoms with Gasteiger partial charge in [0.2, 0.25) is 0 Å². The van der Waals surface area contributed by atoms with Gasteiger partial charge in [-0.15, -0.1) is 0 Å². The Bertz CT molecular complexity index is 679. The van der Waals surface area contributed by atoms with Gasteiger partial charge in [-0.2, -0.15) is 10.2 Å². The third-order valence-corrected chi connectivity index (χ3v) is 3.27. The highest BCUT2D eigenvalue weighted by Gasteiger charge is 2.21. The molecule has 0 radical (unpaired) electrons. The fourth-order valence-corrected chi connectivity index (χ4v) is 2.41. The first-order valence-corrected chi connectivity index (χ1v) is 7.21. The van der Waals surface area contributed by atoms with Gasteiger partial charge in [0.05, 0.1) is 0 Å². The van der Waals surface area contributed by atoms with Crippen LogP contribution in [0.4, 0.5) is 0 Å². The number of aromatic nitrogens is 6. The summed E-state index contributed by atoms with van der Waals surface area (Å²) in [4.78, 5) is 8.14. The van der Waals surface area contributed by atoms with E-state index in [1.165, 1.54) is 12.7 Å². The lowest BCUT2D eigenvalue weighted by molar-refractivity contribution is 0.440. The Hall–Kier alpha value is -2.76. The second-order valence-corrected chi connectivity index (χ2v) is 5.36. The smallest absolute Gasteiger partial charge is 0.172 e. The van der Waals surface area contributed by atoms with Crippen molar-refractivity contribution < 1.29 is 0 Å².